The predicted octanol–water partition coefficient (Wildman–Crippen LogP) is 1.40. The Morgan fingerprint density at radius 2 is 1.88 bits per heavy atom. The Hall–Kier alpha value is -0.120. The van der Waals surface area contributed by atoms with Crippen LogP contribution in [0.4, 0.5) is 0 Å². The van der Waals surface area contributed by atoms with Crippen LogP contribution >= 0.6 is 0 Å². The lowest BCUT2D eigenvalue weighted by molar-refractivity contribution is 0.268. The molecular formula is C13H29N3. The largest absolute Gasteiger partial charge is 0.314 e. The minimum absolute atomic E-state index is 0.802. The van der Waals surface area contributed by atoms with Crippen molar-refractivity contribution in [1.29, 1.82) is 0 Å². The molecule has 0 aromatic heterocycles. The van der Waals surface area contributed by atoms with E-state index in [1.165, 1.54) is 51.7 Å². The fraction of sp³-hybridized carbons (Fsp3) is 1.00. The third-order valence-corrected chi connectivity index (χ3v) is 3.43. The van der Waals surface area contributed by atoms with E-state index < -0.39 is 0 Å². The van der Waals surface area contributed by atoms with Gasteiger partial charge in [-0.2, -0.15) is 0 Å². The lowest BCUT2D eigenvalue weighted by Gasteiger charge is -2.25. The van der Waals surface area contributed by atoms with Gasteiger partial charge in [-0.25, -0.2) is 0 Å². The summed E-state index contributed by atoms with van der Waals surface area (Å²) < 4.78 is 0. The first-order chi connectivity index (χ1) is 7.68. The van der Waals surface area contributed by atoms with Crippen LogP contribution in [0.1, 0.15) is 32.1 Å². The fourth-order valence-electron chi connectivity index (χ4n) is 2.26. The van der Waals surface area contributed by atoms with Crippen LogP contribution in [0, 0.1) is 0 Å². The van der Waals surface area contributed by atoms with Crippen molar-refractivity contribution in [2.45, 2.75) is 38.1 Å². The predicted molar refractivity (Wildman–Crippen MR) is 70.9 cm³/mol. The zero-order valence-electron chi connectivity index (χ0n) is 11.3. The number of nitrogens with one attached hydrogen (secondary N) is 1. The maximum absolute atomic E-state index is 3.62. The summed E-state index contributed by atoms with van der Waals surface area (Å²) in [7, 11) is 6.51. The Bertz CT molecular complexity index is 165. The van der Waals surface area contributed by atoms with E-state index in [4.69, 9.17) is 0 Å². The molecule has 1 saturated heterocycles. The fourth-order valence-corrected chi connectivity index (χ4v) is 2.26. The second kappa shape index (κ2) is 8.04. The number of piperidine rings is 1. The van der Waals surface area contributed by atoms with Crippen molar-refractivity contribution in [2.24, 2.45) is 0 Å². The summed E-state index contributed by atoms with van der Waals surface area (Å²) in [6.07, 6.45) is 6.88. The van der Waals surface area contributed by atoms with Gasteiger partial charge in [0.1, 0.15) is 0 Å². The molecule has 16 heavy (non-hydrogen) atoms. The normalized spacial score (nSPS) is 21.9. The Kier molecular flexibility index (Phi) is 7.01. The highest BCUT2D eigenvalue weighted by molar-refractivity contribution is 4.72. The third kappa shape index (κ3) is 6.46. The molecule has 0 aromatic rings. The summed E-state index contributed by atoms with van der Waals surface area (Å²) >= 11 is 0. The molecule has 0 radical (unpaired) electrons. The van der Waals surface area contributed by atoms with Gasteiger partial charge in [0.2, 0.25) is 0 Å². The quantitative estimate of drug-likeness (QED) is 0.709. The first-order valence-electron chi connectivity index (χ1n) is 6.75. The summed E-state index contributed by atoms with van der Waals surface area (Å²) in [6.45, 7) is 4.83. The lowest BCUT2D eigenvalue weighted by Crippen LogP contribution is -2.35. The van der Waals surface area contributed by atoms with Crippen LogP contribution in [0.25, 0.3) is 0 Å². The zero-order valence-corrected chi connectivity index (χ0v) is 11.3. The van der Waals surface area contributed by atoms with Crippen molar-refractivity contribution in [1.82, 2.24) is 15.1 Å². The van der Waals surface area contributed by atoms with Gasteiger partial charge in [-0.05, 0) is 59.9 Å². The molecule has 1 heterocycles. The molecule has 1 N–H and O–H groups in total. The van der Waals surface area contributed by atoms with Gasteiger partial charge < -0.3 is 15.1 Å². The van der Waals surface area contributed by atoms with E-state index in [2.05, 4.69) is 36.3 Å². The Labute approximate surface area is 101 Å². The number of nitrogens with zero attached hydrogens (tertiary/aromatic N) is 2. The summed E-state index contributed by atoms with van der Waals surface area (Å²) in [5.74, 6) is 0. The molecule has 0 bridgehead atoms. The van der Waals surface area contributed by atoms with Crippen LogP contribution in [-0.4, -0.2) is 63.2 Å². The summed E-state index contributed by atoms with van der Waals surface area (Å²) in [6, 6.07) is 0.802. The van der Waals surface area contributed by atoms with E-state index >= 15 is 0 Å². The molecule has 0 amide bonds. The average Bonchev–Trinajstić information content (AvgIpc) is 2.28. The van der Waals surface area contributed by atoms with Gasteiger partial charge >= 0.3 is 0 Å². The molecule has 1 fully saturated rings. The van der Waals surface area contributed by atoms with Crippen LogP contribution in [0.3, 0.4) is 0 Å². The molecule has 1 aliphatic rings. The molecule has 0 spiro atoms. The number of hydrogen-bond donors (Lipinski definition) is 1. The highest BCUT2D eigenvalue weighted by Gasteiger charge is 2.11. The smallest absolute Gasteiger partial charge is 0.0106 e. The topological polar surface area (TPSA) is 18.5 Å². The van der Waals surface area contributed by atoms with E-state index in [0.717, 1.165) is 12.6 Å². The first kappa shape index (κ1) is 13.9. The molecule has 3 heteroatoms. The second-order valence-corrected chi connectivity index (χ2v) is 5.40. The monoisotopic (exact) mass is 227 g/mol. The van der Waals surface area contributed by atoms with Gasteiger partial charge in [0.25, 0.3) is 0 Å². The molecule has 0 saturated carbocycles. The summed E-state index contributed by atoms with van der Waals surface area (Å²) in [5, 5.41) is 3.62. The summed E-state index contributed by atoms with van der Waals surface area (Å²) in [5.41, 5.74) is 0. The number of rotatable bonds is 7. The highest BCUT2D eigenvalue weighted by Crippen LogP contribution is 2.11. The Morgan fingerprint density at radius 1 is 1.06 bits per heavy atom. The minimum atomic E-state index is 0.802. The van der Waals surface area contributed by atoms with Crippen LogP contribution in [0.5, 0.6) is 0 Å². The van der Waals surface area contributed by atoms with E-state index in [9.17, 15) is 0 Å². The third-order valence-electron chi connectivity index (χ3n) is 3.43. The zero-order chi connectivity index (χ0) is 11.8. The van der Waals surface area contributed by atoms with Crippen LogP contribution < -0.4 is 5.32 Å². The van der Waals surface area contributed by atoms with Crippen LogP contribution in [0.2, 0.25) is 0 Å². The maximum Gasteiger partial charge on any atom is 0.0106 e. The standard InChI is InChI=1S/C13H29N3/c1-15(2)11-12-16(3)10-6-8-13-7-4-5-9-14-13/h13-14H,4-12H2,1-3H3. The van der Waals surface area contributed by atoms with Crippen molar-refractivity contribution in [2.75, 3.05) is 47.3 Å². The molecule has 1 aliphatic heterocycles. The average molecular weight is 227 g/mol. The molecule has 96 valence electrons. The van der Waals surface area contributed by atoms with Gasteiger partial charge in [-0.1, -0.05) is 6.42 Å². The molecule has 1 rings (SSSR count). The molecule has 0 aromatic carbocycles. The molecular weight excluding hydrogens is 198 g/mol. The maximum atomic E-state index is 3.62. The number of hydrogen-bond acceptors (Lipinski definition) is 3. The van der Waals surface area contributed by atoms with E-state index in [1.54, 1.807) is 0 Å². The number of likely N-dealkylation sites (N-methyl/N-ethyl adjacent to an activating group) is 2. The lowest BCUT2D eigenvalue weighted by atomic mass is 10.0. The highest BCUT2D eigenvalue weighted by atomic mass is 15.1. The van der Waals surface area contributed by atoms with Crippen molar-refractivity contribution >= 4 is 0 Å². The van der Waals surface area contributed by atoms with Gasteiger partial charge in [0.15, 0.2) is 0 Å². The van der Waals surface area contributed by atoms with Gasteiger partial charge in [0.05, 0.1) is 0 Å². The van der Waals surface area contributed by atoms with E-state index in [-0.39, 0.29) is 0 Å². The molecule has 0 aliphatic carbocycles. The van der Waals surface area contributed by atoms with Crippen LogP contribution in [-0.2, 0) is 0 Å². The van der Waals surface area contributed by atoms with Crippen molar-refractivity contribution < 1.29 is 0 Å². The molecule has 3 nitrogen and oxygen atoms in total. The Morgan fingerprint density at radius 3 is 2.50 bits per heavy atom. The van der Waals surface area contributed by atoms with Crippen molar-refractivity contribution in [3.05, 3.63) is 0 Å². The first-order valence-corrected chi connectivity index (χ1v) is 6.75. The molecule has 1 atom stereocenters. The van der Waals surface area contributed by atoms with E-state index in [1.807, 2.05) is 0 Å². The second-order valence-electron chi connectivity index (χ2n) is 5.40. The van der Waals surface area contributed by atoms with Gasteiger partial charge in [0, 0.05) is 19.1 Å². The summed E-state index contributed by atoms with van der Waals surface area (Å²) in [4.78, 5) is 4.70. The van der Waals surface area contributed by atoms with Crippen molar-refractivity contribution in [3.63, 3.8) is 0 Å². The SMILES string of the molecule is CN(C)CCN(C)CCCC1CCCCN1. The van der Waals surface area contributed by atoms with Gasteiger partial charge in [-0.15, -0.1) is 0 Å². The van der Waals surface area contributed by atoms with E-state index in [0.29, 0.717) is 0 Å². The minimum Gasteiger partial charge on any atom is -0.314 e. The van der Waals surface area contributed by atoms with Gasteiger partial charge in [-0.3, -0.25) is 0 Å². The van der Waals surface area contributed by atoms with Crippen molar-refractivity contribution in [3.8, 4) is 0 Å². The Balaban J connectivity index is 1.96. The molecule has 1 unspecified atom stereocenters. The van der Waals surface area contributed by atoms with Crippen LogP contribution in [0.15, 0.2) is 0 Å².